The van der Waals surface area contributed by atoms with Crippen molar-refractivity contribution in [2.24, 2.45) is 0 Å². The van der Waals surface area contributed by atoms with Crippen LogP contribution in [-0.4, -0.2) is 45.5 Å². The standard InChI is InChI=1S/C19H22N6OS/c1-4-25-18(16-11-10-15(12-20-16)24(2)3)22-23-19(25)27-13-17(26)21-14-8-6-5-7-9-14/h5-12H,4,13H2,1-3H3,(H,21,26). The number of thioether (sulfide) groups is 1. The van der Waals surface area contributed by atoms with Crippen LogP contribution >= 0.6 is 11.8 Å². The van der Waals surface area contributed by atoms with Gasteiger partial charge in [-0.25, -0.2) is 0 Å². The van der Waals surface area contributed by atoms with Crippen molar-refractivity contribution in [3.63, 3.8) is 0 Å². The van der Waals surface area contributed by atoms with Crippen LogP contribution in [0.1, 0.15) is 6.92 Å². The number of aromatic nitrogens is 4. The van der Waals surface area contributed by atoms with E-state index in [0.29, 0.717) is 17.5 Å². The molecule has 1 amide bonds. The zero-order valence-electron chi connectivity index (χ0n) is 15.6. The third kappa shape index (κ3) is 4.65. The molecule has 2 heterocycles. The van der Waals surface area contributed by atoms with Gasteiger partial charge in [0.25, 0.3) is 0 Å². The highest BCUT2D eigenvalue weighted by atomic mass is 32.2. The maximum absolute atomic E-state index is 12.2. The summed E-state index contributed by atoms with van der Waals surface area (Å²) in [7, 11) is 3.95. The summed E-state index contributed by atoms with van der Waals surface area (Å²) in [4.78, 5) is 18.6. The predicted octanol–water partition coefficient (Wildman–Crippen LogP) is 3.16. The van der Waals surface area contributed by atoms with Gasteiger partial charge in [-0.1, -0.05) is 30.0 Å². The molecule has 0 bridgehead atoms. The van der Waals surface area contributed by atoms with Gasteiger partial charge in [-0.05, 0) is 31.2 Å². The summed E-state index contributed by atoms with van der Waals surface area (Å²) in [6, 6.07) is 13.3. The molecule has 0 fully saturated rings. The minimum atomic E-state index is -0.0770. The molecule has 2 aromatic heterocycles. The molecule has 0 aliphatic rings. The lowest BCUT2D eigenvalue weighted by molar-refractivity contribution is -0.113. The number of nitrogens with one attached hydrogen (secondary N) is 1. The van der Waals surface area contributed by atoms with Crippen LogP contribution < -0.4 is 10.2 Å². The number of carbonyl (C=O) groups is 1. The monoisotopic (exact) mass is 382 g/mol. The van der Waals surface area contributed by atoms with Crippen LogP contribution in [-0.2, 0) is 11.3 Å². The number of nitrogens with zero attached hydrogens (tertiary/aromatic N) is 5. The van der Waals surface area contributed by atoms with Crippen LogP contribution in [0.5, 0.6) is 0 Å². The second-order valence-corrected chi connectivity index (χ2v) is 6.99. The summed E-state index contributed by atoms with van der Waals surface area (Å²) < 4.78 is 1.97. The van der Waals surface area contributed by atoms with E-state index in [1.807, 2.05) is 79.1 Å². The second kappa shape index (κ2) is 8.68. The molecule has 0 radical (unpaired) electrons. The Morgan fingerprint density at radius 1 is 1.15 bits per heavy atom. The van der Waals surface area contributed by atoms with Crippen molar-refractivity contribution in [3.05, 3.63) is 48.7 Å². The number of carbonyl (C=O) groups excluding carboxylic acids is 1. The molecule has 0 saturated carbocycles. The molecule has 3 rings (SSSR count). The van der Waals surface area contributed by atoms with E-state index in [9.17, 15) is 4.79 Å². The van der Waals surface area contributed by atoms with Gasteiger partial charge in [-0.3, -0.25) is 9.78 Å². The minimum absolute atomic E-state index is 0.0770. The first-order chi connectivity index (χ1) is 13.1. The van der Waals surface area contributed by atoms with E-state index in [0.717, 1.165) is 17.1 Å². The highest BCUT2D eigenvalue weighted by Gasteiger charge is 2.15. The smallest absolute Gasteiger partial charge is 0.234 e. The molecule has 140 valence electrons. The Balaban J connectivity index is 1.69. The van der Waals surface area contributed by atoms with E-state index in [1.54, 1.807) is 0 Å². The Bertz CT molecular complexity index is 892. The summed E-state index contributed by atoms with van der Waals surface area (Å²) in [6.07, 6.45) is 1.81. The van der Waals surface area contributed by atoms with E-state index < -0.39 is 0 Å². The molecule has 1 aromatic carbocycles. The summed E-state index contributed by atoms with van der Waals surface area (Å²) in [5, 5.41) is 12.1. The molecular formula is C19H22N6OS. The van der Waals surface area contributed by atoms with E-state index in [1.165, 1.54) is 11.8 Å². The number of hydrogen-bond acceptors (Lipinski definition) is 6. The van der Waals surface area contributed by atoms with Crippen molar-refractivity contribution in [2.75, 3.05) is 30.1 Å². The van der Waals surface area contributed by atoms with Crippen molar-refractivity contribution in [3.8, 4) is 11.5 Å². The van der Waals surface area contributed by atoms with Crippen molar-refractivity contribution >= 4 is 29.0 Å². The Morgan fingerprint density at radius 2 is 1.93 bits per heavy atom. The third-order valence-electron chi connectivity index (χ3n) is 3.92. The fourth-order valence-corrected chi connectivity index (χ4v) is 3.30. The summed E-state index contributed by atoms with van der Waals surface area (Å²) in [5.74, 6) is 0.890. The minimum Gasteiger partial charge on any atom is -0.376 e. The van der Waals surface area contributed by atoms with Crippen LogP contribution in [0.25, 0.3) is 11.5 Å². The topological polar surface area (TPSA) is 75.9 Å². The number of rotatable bonds is 7. The van der Waals surface area contributed by atoms with E-state index >= 15 is 0 Å². The van der Waals surface area contributed by atoms with Gasteiger partial charge in [0.2, 0.25) is 5.91 Å². The highest BCUT2D eigenvalue weighted by Crippen LogP contribution is 2.24. The number of pyridine rings is 1. The van der Waals surface area contributed by atoms with Gasteiger partial charge in [-0.2, -0.15) is 0 Å². The van der Waals surface area contributed by atoms with Crippen LogP contribution in [0.4, 0.5) is 11.4 Å². The molecular weight excluding hydrogens is 360 g/mol. The first kappa shape index (κ1) is 18.9. The fraction of sp³-hybridized carbons (Fsp3) is 0.263. The summed E-state index contributed by atoms with van der Waals surface area (Å²) in [6.45, 7) is 2.72. The molecule has 0 saturated heterocycles. The molecule has 1 N–H and O–H groups in total. The second-order valence-electron chi connectivity index (χ2n) is 6.05. The maximum Gasteiger partial charge on any atom is 0.234 e. The van der Waals surface area contributed by atoms with Gasteiger partial charge in [0, 0.05) is 26.3 Å². The van der Waals surface area contributed by atoms with E-state index in [4.69, 9.17) is 0 Å². The molecule has 3 aromatic rings. The zero-order chi connectivity index (χ0) is 19.2. The lowest BCUT2D eigenvalue weighted by Gasteiger charge is -2.12. The molecule has 0 aliphatic heterocycles. The van der Waals surface area contributed by atoms with Crippen LogP contribution in [0, 0.1) is 0 Å². The van der Waals surface area contributed by atoms with Gasteiger partial charge >= 0.3 is 0 Å². The van der Waals surface area contributed by atoms with Crippen LogP contribution in [0.3, 0.4) is 0 Å². The molecule has 8 heteroatoms. The molecule has 0 atom stereocenters. The fourth-order valence-electron chi connectivity index (χ4n) is 2.50. The first-order valence-corrected chi connectivity index (χ1v) is 9.61. The number of amides is 1. The number of anilines is 2. The Labute approximate surface area is 162 Å². The van der Waals surface area contributed by atoms with Crippen LogP contribution in [0.15, 0.2) is 53.8 Å². The Kier molecular flexibility index (Phi) is 6.08. The molecule has 0 spiro atoms. The van der Waals surface area contributed by atoms with E-state index in [2.05, 4.69) is 20.5 Å². The average molecular weight is 382 g/mol. The predicted molar refractivity (Wildman–Crippen MR) is 109 cm³/mol. The Hall–Kier alpha value is -2.87. The summed E-state index contributed by atoms with van der Waals surface area (Å²) in [5.41, 5.74) is 2.56. The van der Waals surface area contributed by atoms with Crippen LogP contribution in [0.2, 0.25) is 0 Å². The average Bonchev–Trinajstić information content (AvgIpc) is 3.10. The van der Waals surface area contributed by atoms with Crippen molar-refractivity contribution in [1.82, 2.24) is 19.7 Å². The maximum atomic E-state index is 12.2. The van der Waals surface area contributed by atoms with Crippen molar-refractivity contribution in [2.45, 2.75) is 18.6 Å². The SMILES string of the molecule is CCn1c(SCC(=O)Nc2ccccc2)nnc1-c1ccc(N(C)C)cn1. The molecule has 7 nitrogen and oxygen atoms in total. The number of para-hydroxylation sites is 1. The quantitative estimate of drug-likeness (QED) is 0.633. The lowest BCUT2D eigenvalue weighted by atomic mass is 10.3. The summed E-state index contributed by atoms with van der Waals surface area (Å²) >= 11 is 1.36. The van der Waals surface area contributed by atoms with Gasteiger partial charge in [0.15, 0.2) is 11.0 Å². The highest BCUT2D eigenvalue weighted by molar-refractivity contribution is 7.99. The Morgan fingerprint density at radius 3 is 2.56 bits per heavy atom. The van der Waals surface area contributed by atoms with E-state index in [-0.39, 0.29) is 11.7 Å². The number of hydrogen-bond donors (Lipinski definition) is 1. The van der Waals surface area contributed by atoms with Gasteiger partial charge in [0.05, 0.1) is 17.6 Å². The molecule has 0 aliphatic carbocycles. The molecule has 0 unspecified atom stereocenters. The normalized spacial score (nSPS) is 10.6. The van der Waals surface area contributed by atoms with Crippen molar-refractivity contribution < 1.29 is 4.79 Å². The largest absolute Gasteiger partial charge is 0.376 e. The first-order valence-electron chi connectivity index (χ1n) is 8.63. The lowest BCUT2D eigenvalue weighted by Crippen LogP contribution is -2.14. The zero-order valence-corrected chi connectivity index (χ0v) is 16.4. The number of benzene rings is 1. The third-order valence-corrected chi connectivity index (χ3v) is 4.88. The van der Waals surface area contributed by atoms with Gasteiger partial charge in [0.1, 0.15) is 5.69 Å². The van der Waals surface area contributed by atoms with Gasteiger partial charge in [-0.15, -0.1) is 10.2 Å². The molecule has 27 heavy (non-hydrogen) atoms. The van der Waals surface area contributed by atoms with Crippen molar-refractivity contribution in [1.29, 1.82) is 0 Å². The van der Waals surface area contributed by atoms with Gasteiger partial charge < -0.3 is 14.8 Å².